The van der Waals surface area contributed by atoms with Crippen LogP contribution in [0.2, 0.25) is 10.0 Å². The molecule has 0 spiro atoms. The van der Waals surface area contributed by atoms with Crippen LogP contribution in [-0.4, -0.2) is 41.6 Å². The van der Waals surface area contributed by atoms with E-state index in [1.165, 1.54) is 0 Å². The lowest BCUT2D eigenvalue weighted by Gasteiger charge is -2.31. The van der Waals surface area contributed by atoms with Gasteiger partial charge in [0.15, 0.2) is 0 Å². The number of benzene rings is 1. The predicted octanol–water partition coefficient (Wildman–Crippen LogP) is 4.37. The SMILES string of the molecule is CCOC(=O)C1CCCN(C(=O)c2c(-c3c(Cl)cccc3Cl)noc2C)C1. The number of ether oxygens (including phenoxy) is 1. The number of rotatable bonds is 4. The van der Waals surface area contributed by atoms with E-state index in [-0.39, 0.29) is 17.8 Å². The summed E-state index contributed by atoms with van der Waals surface area (Å²) >= 11 is 12.6. The van der Waals surface area contributed by atoms with Gasteiger partial charge in [-0.25, -0.2) is 0 Å². The summed E-state index contributed by atoms with van der Waals surface area (Å²) < 4.78 is 10.4. The lowest BCUT2D eigenvalue weighted by atomic mass is 9.96. The summed E-state index contributed by atoms with van der Waals surface area (Å²) in [5.41, 5.74) is 1.08. The Labute approximate surface area is 167 Å². The molecule has 6 nitrogen and oxygen atoms in total. The zero-order valence-corrected chi connectivity index (χ0v) is 16.6. The molecule has 0 bridgehead atoms. The van der Waals surface area contributed by atoms with Gasteiger partial charge in [-0.1, -0.05) is 34.4 Å². The average Bonchev–Trinajstić information content (AvgIpc) is 3.02. The molecule has 0 aliphatic carbocycles. The number of amides is 1. The summed E-state index contributed by atoms with van der Waals surface area (Å²) in [7, 11) is 0. The molecule has 1 aliphatic heterocycles. The van der Waals surface area contributed by atoms with Gasteiger partial charge in [-0.05, 0) is 38.8 Å². The van der Waals surface area contributed by atoms with Crippen molar-refractivity contribution in [3.63, 3.8) is 0 Å². The number of piperidine rings is 1. The maximum Gasteiger partial charge on any atom is 0.310 e. The number of carbonyl (C=O) groups is 2. The van der Waals surface area contributed by atoms with Crippen molar-refractivity contribution in [1.29, 1.82) is 0 Å². The quantitative estimate of drug-likeness (QED) is 0.699. The van der Waals surface area contributed by atoms with Crippen molar-refractivity contribution >= 4 is 35.1 Å². The molecule has 1 fully saturated rings. The molecule has 1 amide bonds. The maximum atomic E-state index is 13.2. The zero-order chi connectivity index (χ0) is 19.6. The third-order valence-corrected chi connectivity index (χ3v) is 5.23. The van der Waals surface area contributed by atoms with Gasteiger partial charge >= 0.3 is 5.97 Å². The van der Waals surface area contributed by atoms with Gasteiger partial charge in [0, 0.05) is 18.7 Å². The second-order valence-corrected chi connectivity index (χ2v) is 7.22. The van der Waals surface area contributed by atoms with E-state index in [1.54, 1.807) is 36.9 Å². The Morgan fingerprint density at radius 3 is 2.70 bits per heavy atom. The summed E-state index contributed by atoms with van der Waals surface area (Å²) in [6, 6.07) is 5.08. The smallest absolute Gasteiger partial charge is 0.310 e. The van der Waals surface area contributed by atoms with Crippen LogP contribution in [-0.2, 0) is 9.53 Å². The standard InChI is InChI=1S/C19H20Cl2N2O4/c1-3-26-19(25)12-6-5-9-23(10-12)18(24)15-11(2)27-22-17(15)16-13(20)7-4-8-14(16)21/h4,7-8,12H,3,5-6,9-10H2,1-2H3. The molecule has 0 N–H and O–H groups in total. The molecule has 1 atom stereocenters. The van der Waals surface area contributed by atoms with Crippen molar-refractivity contribution in [1.82, 2.24) is 10.1 Å². The highest BCUT2D eigenvalue weighted by Crippen LogP contribution is 2.37. The first-order chi connectivity index (χ1) is 12.9. The maximum absolute atomic E-state index is 13.2. The molecule has 0 radical (unpaired) electrons. The highest BCUT2D eigenvalue weighted by molar-refractivity contribution is 6.39. The number of aryl methyl sites for hydroxylation is 1. The number of likely N-dealkylation sites (tertiary alicyclic amines) is 1. The summed E-state index contributed by atoms with van der Waals surface area (Å²) in [5, 5.41) is 4.79. The number of aromatic nitrogens is 1. The molecule has 0 saturated carbocycles. The number of nitrogens with zero attached hydrogens (tertiary/aromatic N) is 2. The molecule has 1 aliphatic rings. The fourth-order valence-corrected chi connectivity index (χ4v) is 3.87. The molecule has 3 rings (SSSR count). The van der Waals surface area contributed by atoms with Crippen LogP contribution in [0.1, 0.15) is 35.9 Å². The lowest BCUT2D eigenvalue weighted by Crippen LogP contribution is -2.43. The van der Waals surface area contributed by atoms with E-state index in [2.05, 4.69) is 5.16 Å². The van der Waals surface area contributed by atoms with Gasteiger partial charge in [-0.15, -0.1) is 0 Å². The summed E-state index contributed by atoms with van der Waals surface area (Å²) in [4.78, 5) is 26.9. The highest BCUT2D eigenvalue weighted by atomic mass is 35.5. The van der Waals surface area contributed by atoms with Gasteiger partial charge in [-0.3, -0.25) is 9.59 Å². The van der Waals surface area contributed by atoms with Crippen molar-refractivity contribution in [2.75, 3.05) is 19.7 Å². The largest absolute Gasteiger partial charge is 0.466 e. The van der Waals surface area contributed by atoms with Crippen LogP contribution in [0, 0.1) is 12.8 Å². The minimum Gasteiger partial charge on any atom is -0.466 e. The fourth-order valence-electron chi connectivity index (χ4n) is 3.29. The first-order valence-electron chi connectivity index (χ1n) is 8.80. The van der Waals surface area contributed by atoms with Crippen LogP contribution in [0.5, 0.6) is 0 Å². The monoisotopic (exact) mass is 410 g/mol. The minimum atomic E-state index is -0.324. The van der Waals surface area contributed by atoms with Gasteiger partial charge in [0.1, 0.15) is 17.0 Å². The van der Waals surface area contributed by atoms with Crippen molar-refractivity contribution in [2.24, 2.45) is 5.92 Å². The van der Waals surface area contributed by atoms with E-state index in [4.69, 9.17) is 32.5 Å². The lowest BCUT2D eigenvalue weighted by molar-refractivity contribution is -0.149. The van der Waals surface area contributed by atoms with E-state index in [0.29, 0.717) is 58.7 Å². The molecule has 27 heavy (non-hydrogen) atoms. The molecule has 8 heteroatoms. The summed E-state index contributed by atoms with van der Waals surface area (Å²) in [6.07, 6.45) is 1.43. The first kappa shape index (κ1) is 19.7. The Bertz CT molecular complexity index is 845. The topological polar surface area (TPSA) is 72.6 Å². The summed E-state index contributed by atoms with van der Waals surface area (Å²) in [5.74, 6) is -0.473. The number of esters is 1. The molecule has 144 valence electrons. The van der Waals surface area contributed by atoms with E-state index < -0.39 is 0 Å². The number of hydrogen-bond acceptors (Lipinski definition) is 5. The van der Waals surface area contributed by atoms with Gasteiger partial charge in [-0.2, -0.15) is 0 Å². The normalized spacial score (nSPS) is 17.0. The average molecular weight is 411 g/mol. The second kappa shape index (κ2) is 8.31. The van der Waals surface area contributed by atoms with Crippen molar-refractivity contribution < 1.29 is 18.8 Å². The zero-order valence-electron chi connectivity index (χ0n) is 15.1. The van der Waals surface area contributed by atoms with E-state index >= 15 is 0 Å². The van der Waals surface area contributed by atoms with E-state index in [9.17, 15) is 9.59 Å². The molecule has 2 heterocycles. The number of hydrogen-bond donors (Lipinski definition) is 0. The second-order valence-electron chi connectivity index (χ2n) is 6.40. The molecular weight excluding hydrogens is 391 g/mol. The van der Waals surface area contributed by atoms with E-state index in [1.807, 2.05) is 0 Å². The molecule has 1 aromatic heterocycles. The van der Waals surface area contributed by atoms with Crippen molar-refractivity contribution in [3.8, 4) is 11.3 Å². The molecule has 1 aromatic carbocycles. The highest BCUT2D eigenvalue weighted by Gasteiger charge is 2.33. The number of halogens is 2. The number of carbonyl (C=O) groups excluding carboxylic acids is 2. The van der Waals surface area contributed by atoms with Crippen molar-refractivity contribution in [2.45, 2.75) is 26.7 Å². The Morgan fingerprint density at radius 2 is 2.04 bits per heavy atom. The molecule has 1 saturated heterocycles. The van der Waals surface area contributed by atoms with Crippen LogP contribution >= 0.6 is 23.2 Å². The van der Waals surface area contributed by atoms with Gasteiger partial charge in [0.25, 0.3) is 5.91 Å². The van der Waals surface area contributed by atoms with Crippen LogP contribution in [0.15, 0.2) is 22.7 Å². The van der Waals surface area contributed by atoms with Crippen molar-refractivity contribution in [3.05, 3.63) is 39.6 Å². The van der Waals surface area contributed by atoms with Crippen LogP contribution in [0.3, 0.4) is 0 Å². The Morgan fingerprint density at radius 1 is 1.33 bits per heavy atom. The fraction of sp³-hybridized carbons (Fsp3) is 0.421. The first-order valence-corrected chi connectivity index (χ1v) is 9.56. The molecule has 2 aromatic rings. The van der Waals surface area contributed by atoms with Crippen LogP contribution in [0.25, 0.3) is 11.3 Å². The molecular formula is C19H20Cl2N2O4. The third kappa shape index (κ3) is 3.96. The van der Waals surface area contributed by atoms with Gasteiger partial charge in [0.2, 0.25) is 0 Å². The van der Waals surface area contributed by atoms with Crippen LogP contribution < -0.4 is 0 Å². The van der Waals surface area contributed by atoms with E-state index in [0.717, 1.165) is 6.42 Å². The predicted molar refractivity (Wildman–Crippen MR) is 102 cm³/mol. The Balaban J connectivity index is 1.92. The van der Waals surface area contributed by atoms with Gasteiger partial charge < -0.3 is 14.2 Å². The molecule has 1 unspecified atom stereocenters. The Hall–Kier alpha value is -2.05. The summed E-state index contributed by atoms with van der Waals surface area (Å²) in [6.45, 7) is 4.61. The van der Waals surface area contributed by atoms with Crippen LogP contribution in [0.4, 0.5) is 0 Å². The van der Waals surface area contributed by atoms with Gasteiger partial charge in [0.05, 0.1) is 22.6 Å². The Kier molecular flexibility index (Phi) is 6.07. The third-order valence-electron chi connectivity index (χ3n) is 4.60. The minimum absolute atomic E-state index is 0.256.